The van der Waals surface area contributed by atoms with Crippen LogP contribution in [0.3, 0.4) is 0 Å². The number of ether oxygens (including phenoxy) is 1. The van der Waals surface area contributed by atoms with E-state index < -0.39 is 0 Å². The number of halogens is 1. The Morgan fingerprint density at radius 1 is 1.09 bits per heavy atom. The summed E-state index contributed by atoms with van der Waals surface area (Å²) in [7, 11) is 0. The van der Waals surface area contributed by atoms with Gasteiger partial charge in [-0.2, -0.15) is 0 Å². The Morgan fingerprint density at radius 2 is 1.86 bits per heavy atom. The van der Waals surface area contributed by atoms with Crippen LogP contribution < -0.4 is 4.74 Å². The van der Waals surface area contributed by atoms with Gasteiger partial charge in [0.15, 0.2) is 0 Å². The summed E-state index contributed by atoms with van der Waals surface area (Å²) in [6, 6.07) is 13.8. The summed E-state index contributed by atoms with van der Waals surface area (Å²) in [5.74, 6) is 1.54. The van der Waals surface area contributed by atoms with Crippen molar-refractivity contribution in [1.82, 2.24) is 0 Å². The highest BCUT2D eigenvalue weighted by atomic mass is 35.5. The van der Waals surface area contributed by atoms with Gasteiger partial charge in [-0.25, -0.2) is 4.42 Å². The minimum absolute atomic E-state index is 0.605. The van der Waals surface area contributed by atoms with Gasteiger partial charge in [0.05, 0.1) is 28.8 Å². The largest absolute Gasteiger partial charge is 0.493 e. The standard InChI is InChI=1S/C19H18ClO2/c1-4-21-17-11-18(14-7-5-6-8-16(14)20)22-19-13(3)9-12(2)10-15(17)19/h5-11H,4H2,1-3H3/q+1. The molecule has 3 aromatic rings. The molecule has 2 nitrogen and oxygen atoms in total. The Bertz CT molecular complexity index is 840. The van der Waals surface area contributed by atoms with E-state index in [9.17, 15) is 0 Å². The molecule has 0 fully saturated rings. The Hall–Kier alpha value is -2.06. The highest BCUT2D eigenvalue weighted by molar-refractivity contribution is 6.33. The van der Waals surface area contributed by atoms with Crippen molar-refractivity contribution in [3.05, 3.63) is 58.6 Å². The number of hydrogen-bond donors (Lipinski definition) is 0. The molecule has 0 N–H and O–H groups in total. The Labute approximate surface area is 135 Å². The molecule has 112 valence electrons. The first kappa shape index (κ1) is 14.9. The predicted molar refractivity (Wildman–Crippen MR) is 91.7 cm³/mol. The van der Waals surface area contributed by atoms with Gasteiger partial charge in [-0.15, -0.1) is 0 Å². The summed E-state index contributed by atoms with van der Waals surface area (Å²) < 4.78 is 12.0. The number of rotatable bonds is 3. The van der Waals surface area contributed by atoms with Crippen LogP contribution in [0.2, 0.25) is 5.02 Å². The van der Waals surface area contributed by atoms with Gasteiger partial charge in [-0.05, 0) is 50.6 Å². The summed E-state index contributed by atoms with van der Waals surface area (Å²) in [5.41, 5.74) is 3.98. The molecule has 1 heterocycles. The van der Waals surface area contributed by atoms with Crippen LogP contribution in [0.1, 0.15) is 18.1 Å². The molecule has 2 aromatic carbocycles. The highest BCUT2D eigenvalue weighted by Gasteiger charge is 2.23. The van der Waals surface area contributed by atoms with Crippen LogP contribution in [0.4, 0.5) is 0 Å². The summed E-state index contributed by atoms with van der Waals surface area (Å²) in [4.78, 5) is 0. The van der Waals surface area contributed by atoms with E-state index in [1.807, 2.05) is 44.2 Å². The summed E-state index contributed by atoms with van der Waals surface area (Å²) in [6.07, 6.45) is 0. The van der Waals surface area contributed by atoms with E-state index in [-0.39, 0.29) is 0 Å². The van der Waals surface area contributed by atoms with E-state index in [1.54, 1.807) is 0 Å². The number of fused-ring (bicyclic) bond motifs is 1. The quantitative estimate of drug-likeness (QED) is 0.549. The van der Waals surface area contributed by atoms with Crippen molar-refractivity contribution in [2.45, 2.75) is 20.8 Å². The maximum atomic E-state index is 6.30. The van der Waals surface area contributed by atoms with Gasteiger partial charge in [0, 0.05) is 0 Å². The molecule has 3 heteroatoms. The zero-order chi connectivity index (χ0) is 15.7. The third-order valence-corrected chi connectivity index (χ3v) is 3.93. The van der Waals surface area contributed by atoms with Crippen molar-refractivity contribution in [3.8, 4) is 17.1 Å². The minimum Gasteiger partial charge on any atom is -0.493 e. The fourth-order valence-electron chi connectivity index (χ4n) is 2.68. The molecule has 0 unspecified atom stereocenters. The van der Waals surface area contributed by atoms with Gasteiger partial charge in [-0.1, -0.05) is 23.7 Å². The van der Waals surface area contributed by atoms with Crippen LogP contribution in [0.5, 0.6) is 5.75 Å². The molecule has 0 aliphatic heterocycles. The van der Waals surface area contributed by atoms with Crippen molar-refractivity contribution in [2.75, 3.05) is 6.61 Å². The Morgan fingerprint density at radius 3 is 2.59 bits per heavy atom. The van der Waals surface area contributed by atoms with Crippen LogP contribution in [0.15, 0.2) is 46.9 Å². The van der Waals surface area contributed by atoms with Crippen LogP contribution in [0.25, 0.3) is 22.3 Å². The molecule has 1 aromatic heterocycles. The van der Waals surface area contributed by atoms with Crippen LogP contribution in [0, 0.1) is 13.8 Å². The average Bonchev–Trinajstić information content (AvgIpc) is 2.48. The molecule has 0 amide bonds. The van der Waals surface area contributed by atoms with Crippen molar-refractivity contribution in [3.63, 3.8) is 0 Å². The first-order valence-electron chi connectivity index (χ1n) is 7.36. The van der Waals surface area contributed by atoms with Gasteiger partial charge in [0.25, 0.3) is 0 Å². The summed E-state index contributed by atoms with van der Waals surface area (Å²) >= 11 is 6.30. The average molecular weight is 314 g/mol. The van der Waals surface area contributed by atoms with E-state index in [2.05, 4.69) is 19.1 Å². The molecule has 0 aliphatic carbocycles. The molecule has 0 saturated heterocycles. The number of hydrogen-bond acceptors (Lipinski definition) is 1. The van der Waals surface area contributed by atoms with Crippen molar-refractivity contribution in [1.29, 1.82) is 0 Å². The topological polar surface area (TPSA) is 20.5 Å². The molecular weight excluding hydrogens is 296 g/mol. The second kappa shape index (κ2) is 5.98. The lowest BCUT2D eigenvalue weighted by molar-refractivity contribution is 0.342. The fraction of sp³-hybridized carbons (Fsp3) is 0.211. The van der Waals surface area contributed by atoms with E-state index in [0.717, 1.165) is 27.8 Å². The zero-order valence-electron chi connectivity index (χ0n) is 12.9. The smallest absolute Gasteiger partial charge is 0.367 e. The monoisotopic (exact) mass is 313 g/mol. The molecule has 0 saturated carbocycles. The molecule has 22 heavy (non-hydrogen) atoms. The van der Waals surface area contributed by atoms with E-state index in [0.29, 0.717) is 17.4 Å². The summed E-state index contributed by atoms with van der Waals surface area (Å²) in [5, 5.41) is 1.66. The number of aryl methyl sites for hydroxylation is 2. The summed E-state index contributed by atoms with van der Waals surface area (Å²) in [6.45, 7) is 6.71. The van der Waals surface area contributed by atoms with Crippen LogP contribution in [-0.2, 0) is 0 Å². The fourth-order valence-corrected chi connectivity index (χ4v) is 2.91. The van der Waals surface area contributed by atoms with Gasteiger partial charge in [0.1, 0.15) is 11.1 Å². The van der Waals surface area contributed by atoms with Gasteiger partial charge in [0.2, 0.25) is 0 Å². The third kappa shape index (κ3) is 2.67. The lowest BCUT2D eigenvalue weighted by Gasteiger charge is -2.06. The first-order valence-corrected chi connectivity index (χ1v) is 7.73. The van der Waals surface area contributed by atoms with Gasteiger partial charge < -0.3 is 4.74 Å². The molecule has 0 aliphatic rings. The molecule has 0 radical (unpaired) electrons. The molecule has 3 rings (SSSR count). The van der Waals surface area contributed by atoms with Crippen LogP contribution >= 0.6 is 11.6 Å². The van der Waals surface area contributed by atoms with Crippen molar-refractivity contribution in [2.24, 2.45) is 0 Å². The van der Waals surface area contributed by atoms with Crippen molar-refractivity contribution < 1.29 is 9.15 Å². The van der Waals surface area contributed by atoms with E-state index in [1.165, 1.54) is 5.56 Å². The van der Waals surface area contributed by atoms with Crippen LogP contribution in [-0.4, -0.2) is 6.61 Å². The van der Waals surface area contributed by atoms with Gasteiger partial charge in [-0.3, -0.25) is 0 Å². The van der Waals surface area contributed by atoms with E-state index >= 15 is 0 Å². The maximum Gasteiger partial charge on any atom is 0.367 e. The Balaban J connectivity index is 2.32. The lowest BCUT2D eigenvalue weighted by Crippen LogP contribution is -1.95. The van der Waals surface area contributed by atoms with E-state index in [4.69, 9.17) is 20.8 Å². The zero-order valence-corrected chi connectivity index (χ0v) is 13.7. The number of benzene rings is 2. The highest BCUT2D eigenvalue weighted by Crippen LogP contribution is 2.37. The second-order valence-corrected chi connectivity index (χ2v) is 5.75. The Kier molecular flexibility index (Phi) is 4.04. The second-order valence-electron chi connectivity index (χ2n) is 5.35. The third-order valence-electron chi connectivity index (χ3n) is 3.60. The normalized spacial score (nSPS) is 10.9. The molecule has 0 bridgehead atoms. The predicted octanol–water partition coefficient (Wildman–Crippen LogP) is 6.05. The first-order chi connectivity index (χ1) is 10.6. The van der Waals surface area contributed by atoms with Crippen molar-refractivity contribution >= 4 is 22.6 Å². The SMILES string of the molecule is CCOc1cc(-c2ccccc2Cl)[o+]c2c(C)cc(C)cc12. The lowest BCUT2D eigenvalue weighted by atomic mass is 10.1. The maximum absolute atomic E-state index is 6.30. The minimum atomic E-state index is 0.605. The van der Waals surface area contributed by atoms with Gasteiger partial charge >= 0.3 is 11.3 Å². The molecular formula is C19H18ClO2+. The molecule has 0 spiro atoms. The molecule has 0 atom stereocenters.